The topological polar surface area (TPSA) is 0 Å². The molecule has 0 aliphatic carbocycles. The fourth-order valence-corrected chi connectivity index (χ4v) is 2.81. The van der Waals surface area contributed by atoms with E-state index in [0.29, 0.717) is 17.8 Å². The van der Waals surface area contributed by atoms with Gasteiger partial charge in [0.1, 0.15) is 0 Å². The highest BCUT2D eigenvalue weighted by molar-refractivity contribution is 5.50. The van der Waals surface area contributed by atoms with E-state index in [-0.39, 0.29) is 0 Å². The Hall–Kier alpha value is -1.82. The Balaban J connectivity index is 0.000000271. The molecule has 0 nitrogen and oxygen atoms in total. The van der Waals surface area contributed by atoms with Gasteiger partial charge < -0.3 is 0 Å². The van der Waals surface area contributed by atoms with Crippen LogP contribution in [0.5, 0.6) is 0 Å². The first-order valence-electron chi connectivity index (χ1n) is 10.6. The smallest absolute Gasteiger partial charge is 0.0219 e. The molecule has 0 saturated carbocycles. The Morgan fingerprint density at radius 3 is 1.44 bits per heavy atom. The Morgan fingerprint density at radius 2 is 1.07 bits per heavy atom. The lowest BCUT2D eigenvalue weighted by atomic mass is 9.98. The zero-order chi connectivity index (χ0) is 20.4. The molecule has 0 amide bonds. The second-order valence-corrected chi connectivity index (χ2v) is 8.92. The van der Waals surface area contributed by atoms with Gasteiger partial charge in [-0.1, -0.05) is 116 Å². The Bertz CT molecular complexity index is 652. The van der Waals surface area contributed by atoms with Gasteiger partial charge in [0.25, 0.3) is 0 Å². The molecule has 0 heterocycles. The third-order valence-corrected chi connectivity index (χ3v) is 4.57. The summed E-state index contributed by atoms with van der Waals surface area (Å²) in [6.07, 6.45) is 5.61. The normalized spacial score (nSPS) is 11.6. The van der Waals surface area contributed by atoms with Crippen molar-refractivity contribution in [2.75, 3.05) is 0 Å². The molecule has 0 saturated heterocycles. The molecule has 148 valence electrons. The van der Waals surface area contributed by atoms with Gasteiger partial charge in [-0.2, -0.15) is 0 Å². The molecule has 0 fully saturated rings. The van der Waals surface area contributed by atoms with E-state index in [9.17, 15) is 0 Å². The summed E-state index contributed by atoms with van der Waals surface area (Å²) in [5.41, 5.74) is 5.60. The predicted octanol–water partition coefficient (Wildman–Crippen LogP) is 8.49. The van der Waals surface area contributed by atoms with Crippen LogP contribution >= 0.6 is 0 Å². The van der Waals surface area contributed by atoms with Crippen LogP contribution < -0.4 is 0 Å². The van der Waals surface area contributed by atoms with Crippen molar-refractivity contribution in [3.8, 4) is 0 Å². The zero-order valence-electron chi connectivity index (χ0n) is 18.8. The first-order chi connectivity index (χ1) is 12.7. The fourth-order valence-electron chi connectivity index (χ4n) is 2.81. The highest BCUT2D eigenvalue weighted by Gasteiger charge is 2.00. The van der Waals surface area contributed by atoms with Crippen LogP contribution in [0.2, 0.25) is 0 Å². The summed E-state index contributed by atoms with van der Waals surface area (Å²) in [6.45, 7) is 17.8. The summed E-state index contributed by atoms with van der Waals surface area (Å²) in [4.78, 5) is 0. The van der Waals surface area contributed by atoms with Crippen LogP contribution in [-0.2, 0) is 6.42 Å². The van der Waals surface area contributed by atoms with Gasteiger partial charge in [0.05, 0.1) is 0 Å². The lowest BCUT2D eigenvalue weighted by Crippen LogP contribution is -1.94. The molecule has 27 heavy (non-hydrogen) atoms. The first kappa shape index (κ1) is 23.2. The number of benzene rings is 2. The first-order valence-corrected chi connectivity index (χ1v) is 10.6. The van der Waals surface area contributed by atoms with Gasteiger partial charge in [0.15, 0.2) is 0 Å². The number of rotatable bonds is 6. The molecule has 0 aliphatic rings. The summed E-state index contributed by atoms with van der Waals surface area (Å²) >= 11 is 0. The van der Waals surface area contributed by atoms with Crippen molar-refractivity contribution in [1.29, 1.82) is 0 Å². The summed E-state index contributed by atoms with van der Waals surface area (Å²) in [5, 5.41) is 0. The minimum atomic E-state index is 0.623. The fraction of sp³-hybridized carbons (Fsp3) is 0.481. The van der Waals surface area contributed by atoms with Gasteiger partial charge in [-0.15, -0.1) is 0 Å². The van der Waals surface area contributed by atoms with Gasteiger partial charge in [-0.25, -0.2) is 0 Å². The Labute approximate surface area is 168 Å². The molecule has 2 aromatic carbocycles. The van der Waals surface area contributed by atoms with Crippen molar-refractivity contribution in [2.45, 2.75) is 73.6 Å². The van der Waals surface area contributed by atoms with Gasteiger partial charge in [0.2, 0.25) is 0 Å². The Kier molecular flexibility index (Phi) is 10.1. The largest absolute Gasteiger partial charge is 0.0814 e. The van der Waals surface area contributed by atoms with E-state index in [2.05, 4.69) is 116 Å². The maximum Gasteiger partial charge on any atom is -0.0219 e. The van der Waals surface area contributed by atoms with E-state index in [1.165, 1.54) is 28.7 Å². The lowest BCUT2D eigenvalue weighted by Gasteiger charge is -2.08. The van der Waals surface area contributed by atoms with E-state index in [0.717, 1.165) is 5.92 Å². The SMILES string of the molecule is CC(C)/C=C/c1ccc(C(C)C)cc1.CC(C)Cc1ccc(C(C)C)cc1. The predicted molar refractivity (Wildman–Crippen MR) is 123 cm³/mol. The molecule has 0 aromatic heterocycles. The highest BCUT2D eigenvalue weighted by Crippen LogP contribution is 2.17. The van der Waals surface area contributed by atoms with E-state index < -0.39 is 0 Å². The molecule has 0 N–H and O–H groups in total. The molecule has 0 radical (unpaired) electrons. The van der Waals surface area contributed by atoms with Crippen molar-refractivity contribution in [3.05, 3.63) is 76.9 Å². The third kappa shape index (κ3) is 9.61. The maximum atomic E-state index is 2.26. The average molecular weight is 365 g/mol. The summed E-state index contributed by atoms with van der Waals surface area (Å²) in [7, 11) is 0. The van der Waals surface area contributed by atoms with Crippen molar-refractivity contribution in [1.82, 2.24) is 0 Å². The lowest BCUT2D eigenvalue weighted by molar-refractivity contribution is 0.647. The van der Waals surface area contributed by atoms with E-state index in [1.54, 1.807) is 0 Å². The molecule has 0 bridgehead atoms. The quantitative estimate of drug-likeness (QED) is 0.482. The van der Waals surface area contributed by atoms with Gasteiger partial charge in [-0.3, -0.25) is 0 Å². The highest BCUT2D eigenvalue weighted by atomic mass is 14.1. The van der Waals surface area contributed by atoms with Crippen LogP contribution in [0.15, 0.2) is 54.6 Å². The van der Waals surface area contributed by atoms with Crippen LogP contribution in [-0.4, -0.2) is 0 Å². The Morgan fingerprint density at radius 1 is 0.630 bits per heavy atom. The van der Waals surface area contributed by atoms with Crippen molar-refractivity contribution >= 4 is 6.08 Å². The van der Waals surface area contributed by atoms with Gasteiger partial charge in [-0.05, 0) is 52.3 Å². The van der Waals surface area contributed by atoms with Gasteiger partial charge >= 0.3 is 0 Å². The minimum absolute atomic E-state index is 0.623. The van der Waals surface area contributed by atoms with Crippen LogP contribution in [0.3, 0.4) is 0 Å². The van der Waals surface area contributed by atoms with Crippen LogP contribution in [0.25, 0.3) is 6.08 Å². The molecule has 2 aromatic rings. The monoisotopic (exact) mass is 364 g/mol. The molecule has 0 heteroatoms. The molecule has 0 atom stereocenters. The second kappa shape index (κ2) is 11.8. The molecule has 0 aliphatic heterocycles. The third-order valence-electron chi connectivity index (χ3n) is 4.57. The summed E-state index contributed by atoms with van der Waals surface area (Å²) < 4.78 is 0. The molecular formula is C27H40. The molecule has 0 spiro atoms. The van der Waals surface area contributed by atoms with Gasteiger partial charge in [0, 0.05) is 0 Å². The summed E-state index contributed by atoms with van der Waals surface area (Å²) in [5.74, 6) is 2.65. The second-order valence-electron chi connectivity index (χ2n) is 8.92. The van der Waals surface area contributed by atoms with E-state index in [1.807, 2.05) is 0 Å². The van der Waals surface area contributed by atoms with Crippen LogP contribution in [0, 0.1) is 11.8 Å². The van der Waals surface area contributed by atoms with Crippen LogP contribution in [0.1, 0.15) is 89.5 Å². The van der Waals surface area contributed by atoms with Crippen LogP contribution in [0.4, 0.5) is 0 Å². The number of allylic oxidation sites excluding steroid dienone is 1. The van der Waals surface area contributed by atoms with Crippen molar-refractivity contribution in [3.63, 3.8) is 0 Å². The number of hydrogen-bond donors (Lipinski definition) is 0. The maximum absolute atomic E-state index is 2.26. The van der Waals surface area contributed by atoms with E-state index >= 15 is 0 Å². The molecule has 2 rings (SSSR count). The number of hydrogen-bond acceptors (Lipinski definition) is 0. The van der Waals surface area contributed by atoms with Crippen molar-refractivity contribution < 1.29 is 0 Å². The van der Waals surface area contributed by atoms with E-state index in [4.69, 9.17) is 0 Å². The molecular weight excluding hydrogens is 324 g/mol. The summed E-state index contributed by atoms with van der Waals surface area (Å²) in [6, 6.07) is 17.8. The molecule has 0 unspecified atom stereocenters. The standard InChI is InChI=1S/C14H20.C13H20/c1-11(2)5-6-13-7-9-14(10-8-13)12(3)4;1-10(2)9-12-5-7-13(8-6-12)11(3)4/h5-12H,1-4H3;5-8,10-11H,9H2,1-4H3/b6-5+;. The minimum Gasteiger partial charge on any atom is -0.0814 e. The average Bonchev–Trinajstić information content (AvgIpc) is 2.61. The van der Waals surface area contributed by atoms with Crippen molar-refractivity contribution in [2.24, 2.45) is 11.8 Å². The zero-order valence-corrected chi connectivity index (χ0v) is 18.8.